The number of nitrogens with one attached hydrogen (secondary N) is 1. The molecule has 1 rings (SSSR count). The average molecular weight is 464 g/mol. The molecule has 0 aliphatic heterocycles. The zero-order valence-electron chi connectivity index (χ0n) is 21.5. The van der Waals surface area contributed by atoms with E-state index in [-0.39, 0.29) is 42.5 Å². The monoisotopic (exact) mass is 463 g/mol. The number of aromatic nitrogens is 1. The van der Waals surface area contributed by atoms with Gasteiger partial charge in [0.25, 0.3) is 0 Å². The predicted molar refractivity (Wildman–Crippen MR) is 130 cm³/mol. The summed E-state index contributed by atoms with van der Waals surface area (Å²) in [4.78, 5) is 30.8. The summed E-state index contributed by atoms with van der Waals surface area (Å²) in [7, 11) is 0. The molecule has 0 unspecified atom stereocenters. The lowest BCUT2D eigenvalue weighted by atomic mass is 10.2. The van der Waals surface area contributed by atoms with Crippen molar-refractivity contribution in [2.24, 2.45) is 0 Å². The summed E-state index contributed by atoms with van der Waals surface area (Å²) >= 11 is 0. The van der Waals surface area contributed by atoms with E-state index in [1.807, 2.05) is 67.5 Å². The molecule has 8 nitrogen and oxygen atoms in total. The van der Waals surface area contributed by atoms with Crippen molar-refractivity contribution in [2.75, 3.05) is 31.3 Å². The summed E-state index contributed by atoms with van der Waals surface area (Å²) in [5.74, 6) is 0.459. The number of carbonyl (C=O) groups excluding carboxylic acids is 2. The Morgan fingerprint density at radius 2 is 1.55 bits per heavy atom. The first-order valence-corrected chi connectivity index (χ1v) is 11.3. The van der Waals surface area contributed by atoms with Crippen LogP contribution in [-0.4, -0.2) is 54.4 Å². The van der Waals surface area contributed by atoms with Gasteiger partial charge in [0.05, 0.1) is 43.8 Å². The van der Waals surface area contributed by atoms with E-state index < -0.39 is 0 Å². The van der Waals surface area contributed by atoms with Crippen LogP contribution in [0.1, 0.15) is 65.6 Å². The highest BCUT2D eigenvalue weighted by Gasteiger charge is 2.19. The van der Waals surface area contributed by atoms with Crippen LogP contribution in [0.25, 0.3) is 0 Å². The maximum absolute atomic E-state index is 12.4. The summed E-state index contributed by atoms with van der Waals surface area (Å²) in [6.45, 7) is 20.5. The lowest BCUT2D eigenvalue weighted by molar-refractivity contribution is -0.145. The van der Waals surface area contributed by atoms with Crippen LogP contribution >= 0.6 is 0 Å². The number of carbonyl (C=O) groups is 2. The third-order valence-corrected chi connectivity index (χ3v) is 4.36. The van der Waals surface area contributed by atoms with Crippen molar-refractivity contribution in [3.05, 3.63) is 35.8 Å². The highest BCUT2D eigenvalue weighted by atomic mass is 16.5. The average Bonchev–Trinajstić information content (AvgIpc) is 2.65. The maximum Gasteiger partial charge on any atom is 0.308 e. The molecule has 0 radical (unpaired) electrons. The molecule has 0 atom stereocenters. The molecule has 0 bridgehead atoms. The van der Waals surface area contributed by atoms with Crippen molar-refractivity contribution in [1.82, 2.24) is 10.3 Å². The third kappa shape index (κ3) is 12.4. The number of anilines is 1. The second-order valence-electron chi connectivity index (χ2n) is 9.88. The molecule has 1 aromatic rings. The van der Waals surface area contributed by atoms with Gasteiger partial charge in [-0.2, -0.15) is 0 Å². The van der Waals surface area contributed by atoms with E-state index in [1.54, 1.807) is 4.90 Å². The van der Waals surface area contributed by atoms with Gasteiger partial charge >= 0.3 is 5.97 Å². The fraction of sp³-hybridized carbons (Fsp3) is 0.640. The Bertz CT molecular complexity index is 809. The zero-order chi connectivity index (χ0) is 25.2. The molecule has 1 N–H and O–H groups in total. The topological polar surface area (TPSA) is 90.0 Å². The number of esters is 1. The second kappa shape index (κ2) is 12.7. The molecule has 0 saturated carbocycles. The number of aryl methyl sites for hydroxylation is 2. The minimum absolute atomic E-state index is 0.117. The fourth-order valence-electron chi connectivity index (χ4n) is 2.76. The van der Waals surface area contributed by atoms with E-state index >= 15 is 0 Å². The number of hydrogen-bond donors (Lipinski definition) is 1. The molecule has 0 spiro atoms. The number of ether oxygens (including phenoxy) is 3. The van der Waals surface area contributed by atoms with Crippen LogP contribution in [0.4, 0.5) is 5.82 Å². The number of amides is 1. The predicted octanol–water partition coefficient (Wildman–Crippen LogP) is 4.05. The fourth-order valence-corrected chi connectivity index (χ4v) is 2.76. The quantitative estimate of drug-likeness (QED) is 0.468. The van der Waals surface area contributed by atoms with Crippen LogP contribution in [0.3, 0.4) is 0 Å². The molecular weight excluding hydrogens is 422 g/mol. The minimum atomic E-state index is -0.345. The number of rotatable bonds is 12. The molecular formula is C25H41N3O5. The van der Waals surface area contributed by atoms with Crippen LogP contribution in [0.5, 0.6) is 0 Å². The largest absolute Gasteiger partial charge is 0.464 e. The molecule has 8 heteroatoms. The van der Waals surface area contributed by atoms with Gasteiger partial charge in [-0.15, -0.1) is 0 Å². The summed E-state index contributed by atoms with van der Waals surface area (Å²) in [5.41, 5.74) is 1.12. The Balaban J connectivity index is 2.74. The van der Waals surface area contributed by atoms with E-state index in [0.29, 0.717) is 31.4 Å². The van der Waals surface area contributed by atoms with Crippen LogP contribution in [0, 0.1) is 13.8 Å². The molecule has 1 aromatic heterocycles. The molecule has 0 fully saturated rings. The van der Waals surface area contributed by atoms with Gasteiger partial charge in [0.1, 0.15) is 18.2 Å². The van der Waals surface area contributed by atoms with E-state index in [9.17, 15) is 9.59 Å². The maximum atomic E-state index is 12.4. The standard InChI is InChI=1S/C25H41N3O5/c1-18-10-11-19(2)26-23(18)28(14-17-31-22(30)13-16-33-25(7,8)9)20(3)27-21(29)12-15-32-24(4,5)6/h10-11H,3,12-17H2,1-2,4-9H3,(H,27,29). The van der Waals surface area contributed by atoms with E-state index in [4.69, 9.17) is 14.2 Å². The first-order valence-electron chi connectivity index (χ1n) is 11.3. The van der Waals surface area contributed by atoms with E-state index in [2.05, 4.69) is 16.9 Å². The zero-order valence-corrected chi connectivity index (χ0v) is 21.5. The molecule has 0 aliphatic rings. The second-order valence-corrected chi connectivity index (χ2v) is 9.88. The van der Waals surface area contributed by atoms with Gasteiger partial charge in [0.2, 0.25) is 5.91 Å². The van der Waals surface area contributed by atoms with Crippen molar-refractivity contribution in [2.45, 2.75) is 79.4 Å². The van der Waals surface area contributed by atoms with Crippen molar-refractivity contribution in [3.8, 4) is 0 Å². The van der Waals surface area contributed by atoms with E-state index in [1.165, 1.54) is 0 Å². The van der Waals surface area contributed by atoms with Crippen LogP contribution in [0.15, 0.2) is 24.5 Å². The van der Waals surface area contributed by atoms with Crippen molar-refractivity contribution < 1.29 is 23.8 Å². The number of pyridine rings is 1. The lowest BCUT2D eigenvalue weighted by Gasteiger charge is -2.27. The SMILES string of the molecule is C=C(NC(=O)CCOC(C)(C)C)N(CCOC(=O)CCOC(C)(C)C)c1nc(C)ccc1C. The summed E-state index contributed by atoms with van der Waals surface area (Å²) in [5, 5.41) is 2.81. The Kier molecular flexibility index (Phi) is 11.0. The van der Waals surface area contributed by atoms with Gasteiger partial charge in [-0.05, 0) is 67.0 Å². The van der Waals surface area contributed by atoms with Crippen molar-refractivity contribution in [1.29, 1.82) is 0 Å². The molecule has 0 aliphatic carbocycles. The van der Waals surface area contributed by atoms with Gasteiger partial charge in [0, 0.05) is 5.69 Å². The third-order valence-electron chi connectivity index (χ3n) is 4.36. The van der Waals surface area contributed by atoms with Crippen LogP contribution in [0.2, 0.25) is 0 Å². The smallest absolute Gasteiger partial charge is 0.308 e. The summed E-state index contributed by atoms with van der Waals surface area (Å²) in [6.07, 6.45) is 0.373. The van der Waals surface area contributed by atoms with Gasteiger partial charge in [0.15, 0.2) is 0 Å². The van der Waals surface area contributed by atoms with Crippen LogP contribution in [-0.2, 0) is 23.8 Å². The van der Waals surface area contributed by atoms with Gasteiger partial charge in [-0.1, -0.05) is 12.6 Å². The highest BCUT2D eigenvalue weighted by Crippen LogP contribution is 2.20. The first-order chi connectivity index (χ1) is 15.2. The minimum Gasteiger partial charge on any atom is -0.464 e. The van der Waals surface area contributed by atoms with Gasteiger partial charge < -0.3 is 24.4 Å². The molecule has 0 aromatic carbocycles. The Hall–Kier alpha value is -2.45. The summed E-state index contributed by atoms with van der Waals surface area (Å²) < 4.78 is 16.6. The number of nitrogens with zero attached hydrogens (tertiary/aromatic N) is 2. The molecule has 33 heavy (non-hydrogen) atoms. The van der Waals surface area contributed by atoms with Gasteiger partial charge in [-0.3, -0.25) is 9.59 Å². The van der Waals surface area contributed by atoms with Crippen molar-refractivity contribution in [3.63, 3.8) is 0 Å². The molecule has 0 saturated heterocycles. The Morgan fingerprint density at radius 1 is 0.970 bits per heavy atom. The van der Waals surface area contributed by atoms with Gasteiger partial charge in [-0.25, -0.2) is 4.98 Å². The van der Waals surface area contributed by atoms with Crippen LogP contribution < -0.4 is 10.2 Å². The summed E-state index contributed by atoms with van der Waals surface area (Å²) in [6, 6.07) is 3.87. The molecule has 1 amide bonds. The normalized spacial score (nSPS) is 11.8. The van der Waals surface area contributed by atoms with Crippen molar-refractivity contribution >= 4 is 17.7 Å². The molecule has 1 heterocycles. The number of hydrogen-bond acceptors (Lipinski definition) is 7. The van der Waals surface area contributed by atoms with E-state index in [0.717, 1.165) is 11.3 Å². The lowest BCUT2D eigenvalue weighted by Crippen LogP contribution is -2.38. The Morgan fingerprint density at radius 3 is 2.12 bits per heavy atom. The Labute approximate surface area is 198 Å². The highest BCUT2D eigenvalue weighted by molar-refractivity contribution is 5.78. The molecule has 186 valence electrons. The first kappa shape index (κ1) is 28.6.